The van der Waals surface area contributed by atoms with Crippen molar-refractivity contribution in [2.75, 3.05) is 39.8 Å². The van der Waals surface area contributed by atoms with Crippen LogP contribution in [0.3, 0.4) is 0 Å². The van der Waals surface area contributed by atoms with Gasteiger partial charge in [-0.25, -0.2) is 13.4 Å². The van der Waals surface area contributed by atoms with Crippen LogP contribution in [-0.4, -0.2) is 63.5 Å². The van der Waals surface area contributed by atoms with Gasteiger partial charge in [-0.3, -0.25) is 4.90 Å². The van der Waals surface area contributed by atoms with Crippen molar-refractivity contribution in [3.63, 3.8) is 0 Å². The van der Waals surface area contributed by atoms with Gasteiger partial charge in [0.1, 0.15) is 5.55 Å². The molecule has 2 heterocycles. The first kappa shape index (κ1) is 10.8. The van der Waals surface area contributed by atoms with Crippen LogP contribution >= 0.6 is 0 Å². The molecule has 0 aromatic rings. The minimum absolute atomic E-state index is 0.642. The maximum absolute atomic E-state index is 11.1. The minimum Gasteiger partial charge on any atom is -0.304 e. The molecule has 0 atom stereocenters. The molecule has 5 nitrogen and oxygen atoms in total. The first-order valence-corrected chi connectivity index (χ1v) is 6.57. The van der Waals surface area contributed by atoms with Crippen molar-refractivity contribution >= 4 is 15.4 Å². The average Bonchev–Trinajstić information content (AvgIpc) is 2.50. The Labute approximate surface area is 90.0 Å². The van der Waals surface area contributed by atoms with Gasteiger partial charge in [0.05, 0.1) is 11.1 Å². The zero-order valence-corrected chi connectivity index (χ0v) is 9.57. The summed E-state index contributed by atoms with van der Waals surface area (Å²) >= 11 is 0. The van der Waals surface area contributed by atoms with E-state index in [-0.39, 0.29) is 0 Å². The van der Waals surface area contributed by atoms with E-state index in [2.05, 4.69) is 21.8 Å². The molecule has 0 bridgehead atoms. The monoisotopic (exact) mass is 229 g/mol. The summed E-state index contributed by atoms with van der Waals surface area (Å²) in [6.07, 6.45) is 0. The van der Waals surface area contributed by atoms with Gasteiger partial charge in [-0.2, -0.15) is 0 Å². The van der Waals surface area contributed by atoms with E-state index in [9.17, 15) is 8.42 Å². The van der Waals surface area contributed by atoms with E-state index in [4.69, 9.17) is 0 Å². The van der Waals surface area contributed by atoms with Crippen LogP contribution in [0.4, 0.5) is 0 Å². The number of likely N-dealkylation sites (N-methyl/N-ethyl adjacent to an activating group) is 1. The second-order valence-electron chi connectivity index (χ2n) is 4.01. The number of piperazine rings is 1. The van der Waals surface area contributed by atoms with Crippen molar-refractivity contribution in [3.05, 3.63) is 11.1 Å². The quantitative estimate of drug-likeness (QED) is 0.642. The van der Waals surface area contributed by atoms with Crippen molar-refractivity contribution in [3.8, 4) is 0 Å². The summed E-state index contributed by atoms with van der Waals surface area (Å²) in [6.45, 7) is 4.66. The molecule has 1 fully saturated rings. The van der Waals surface area contributed by atoms with E-state index in [0.717, 1.165) is 31.7 Å². The fourth-order valence-electron chi connectivity index (χ4n) is 1.70. The molecule has 0 aromatic carbocycles. The van der Waals surface area contributed by atoms with E-state index < -0.39 is 9.84 Å². The zero-order valence-electron chi connectivity index (χ0n) is 8.76. The molecule has 0 unspecified atom stereocenters. The van der Waals surface area contributed by atoms with E-state index in [0.29, 0.717) is 12.2 Å². The highest BCUT2D eigenvalue weighted by atomic mass is 32.2. The number of hydrogen-bond acceptors (Lipinski definition) is 5. The second kappa shape index (κ2) is 4.03. The minimum atomic E-state index is -3.15. The number of hydrogen-bond donors (Lipinski definition) is 0. The van der Waals surface area contributed by atoms with E-state index >= 15 is 0 Å². The summed E-state index contributed by atoms with van der Waals surface area (Å²) in [5.74, 6) is 0. The predicted octanol–water partition coefficient (Wildman–Crippen LogP) is -0.468. The molecule has 0 aromatic heterocycles. The molecule has 0 spiro atoms. The van der Waals surface area contributed by atoms with Gasteiger partial charge >= 0.3 is 0 Å². The first-order valence-electron chi connectivity index (χ1n) is 4.96. The third kappa shape index (κ3) is 2.87. The van der Waals surface area contributed by atoms with Crippen LogP contribution in [0.5, 0.6) is 0 Å². The summed E-state index contributed by atoms with van der Waals surface area (Å²) < 4.78 is 22.2. The van der Waals surface area contributed by atoms with E-state index in [1.807, 2.05) is 0 Å². The maximum Gasteiger partial charge on any atom is 0.211 e. The molecular weight excluding hydrogens is 214 g/mol. The van der Waals surface area contributed by atoms with Gasteiger partial charge in [-0.05, 0) is 7.05 Å². The van der Waals surface area contributed by atoms with Crippen molar-refractivity contribution in [1.82, 2.24) is 9.80 Å². The lowest BCUT2D eigenvalue weighted by atomic mass is 10.3. The van der Waals surface area contributed by atoms with Crippen molar-refractivity contribution < 1.29 is 8.42 Å². The second-order valence-corrected chi connectivity index (χ2v) is 5.64. The summed E-state index contributed by atoms with van der Waals surface area (Å²) in [7, 11) is -1.06. The highest BCUT2D eigenvalue weighted by molar-refractivity contribution is 8.07. The Morgan fingerprint density at radius 2 is 2.00 bits per heavy atom. The molecular formula is C9H15N3O2S. The van der Waals surface area contributed by atoms with Crippen LogP contribution < -0.4 is 0 Å². The fraction of sp³-hybridized carbons (Fsp3) is 0.667. The highest BCUT2D eigenvalue weighted by Crippen LogP contribution is 2.11. The van der Waals surface area contributed by atoms with Gasteiger partial charge in [0.2, 0.25) is 9.84 Å². The summed E-state index contributed by atoms with van der Waals surface area (Å²) in [5, 5.41) is 1.26. The van der Waals surface area contributed by atoms with Gasteiger partial charge in [-0.15, -0.1) is 0 Å². The lowest BCUT2D eigenvalue weighted by Gasteiger charge is -2.31. The standard InChI is InChI=1S/C9H15N3O2S/c1-11-2-4-12(5-3-11)6-9-7-15(13,14)8-10-9/h7-8H,2-6H2,1H3. The van der Waals surface area contributed by atoms with Crippen LogP contribution in [-0.2, 0) is 9.84 Å². The average molecular weight is 229 g/mol. The SMILES string of the molecule is CN1CCN(CC2=CS(=O)(=O)C=N2)CC1. The summed E-state index contributed by atoms with van der Waals surface area (Å²) in [5.41, 5.74) is 1.68. The van der Waals surface area contributed by atoms with Gasteiger partial charge < -0.3 is 4.90 Å². The molecule has 84 valence electrons. The Morgan fingerprint density at radius 3 is 2.53 bits per heavy atom. The lowest BCUT2D eigenvalue weighted by Crippen LogP contribution is -2.44. The predicted molar refractivity (Wildman–Crippen MR) is 59.4 cm³/mol. The smallest absolute Gasteiger partial charge is 0.211 e. The Kier molecular flexibility index (Phi) is 2.90. The fourth-order valence-corrected chi connectivity index (χ4v) is 2.56. The molecule has 15 heavy (non-hydrogen) atoms. The molecule has 2 aliphatic rings. The van der Waals surface area contributed by atoms with Gasteiger partial charge in [0.25, 0.3) is 0 Å². The number of nitrogens with zero attached hydrogens (tertiary/aromatic N) is 3. The number of sulfone groups is 1. The Morgan fingerprint density at radius 1 is 1.33 bits per heavy atom. The van der Waals surface area contributed by atoms with Crippen LogP contribution in [0.2, 0.25) is 0 Å². The summed E-state index contributed by atoms with van der Waals surface area (Å²) in [4.78, 5) is 8.38. The molecule has 0 aliphatic carbocycles. The first-order chi connectivity index (χ1) is 7.05. The topological polar surface area (TPSA) is 53.0 Å². The van der Waals surface area contributed by atoms with Crippen LogP contribution in [0.25, 0.3) is 0 Å². The molecule has 6 heteroatoms. The van der Waals surface area contributed by atoms with Crippen LogP contribution in [0.1, 0.15) is 0 Å². The van der Waals surface area contributed by atoms with E-state index in [1.54, 1.807) is 0 Å². The summed E-state index contributed by atoms with van der Waals surface area (Å²) in [6, 6.07) is 0. The molecule has 2 rings (SSSR count). The normalized spacial score (nSPS) is 26.9. The Bertz CT molecular complexity index is 392. The molecule has 2 aliphatic heterocycles. The van der Waals surface area contributed by atoms with Crippen molar-refractivity contribution in [2.24, 2.45) is 4.99 Å². The van der Waals surface area contributed by atoms with Crippen molar-refractivity contribution in [2.45, 2.75) is 0 Å². The molecule has 1 saturated heterocycles. The van der Waals surface area contributed by atoms with Crippen LogP contribution in [0, 0.1) is 0 Å². The Hall–Kier alpha value is -0.720. The number of aliphatic imine (C=N–C) groups is 1. The van der Waals surface area contributed by atoms with Gasteiger partial charge in [0.15, 0.2) is 0 Å². The van der Waals surface area contributed by atoms with Crippen LogP contribution in [0.15, 0.2) is 16.1 Å². The number of rotatable bonds is 2. The molecule has 0 amide bonds. The third-order valence-corrected chi connectivity index (χ3v) is 3.65. The Balaban J connectivity index is 1.92. The molecule has 0 saturated carbocycles. The van der Waals surface area contributed by atoms with Gasteiger partial charge in [0, 0.05) is 32.7 Å². The highest BCUT2D eigenvalue weighted by Gasteiger charge is 2.18. The zero-order chi connectivity index (χ0) is 10.9. The van der Waals surface area contributed by atoms with Crippen molar-refractivity contribution in [1.29, 1.82) is 0 Å². The maximum atomic E-state index is 11.1. The van der Waals surface area contributed by atoms with E-state index in [1.165, 1.54) is 5.41 Å². The molecule has 0 radical (unpaired) electrons. The van der Waals surface area contributed by atoms with Gasteiger partial charge in [-0.1, -0.05) is 0 Å². The molecule has 0 N–H and O–H groups in total. The largest absolute Gasteiger partial charge is 0.304 e. The lowest BCUT2D eigenvalue weighted by molar-refractivity contribution is 0.164. The third-order valence-electron chi connectivity index (χ3n) is 2.65.